The fourth-order valence-corrected chi connectivity index (χ4v) is 3.23. The summed E-state index contributed by atoms with van der Waals surface area (Å²) in [5.41, 5.74) is 0.720. The highest BCUT2D eigenvalue weighted by Gasteiger charge is 2.32. The number of halogens is 1. The summed E-state index contributed by atoms with van der Waals surface area (Å²) in [5, 5.41) is 2.88. The molecule has 0 aliphatic rings. The number of rotatable bonds is 7. The zero-order valence-corrected chi connectivity index (χ0v) is 19.2. The predicted octanol–water partition coefficient (Wildman–Crippen LogP) is 3.94. The summed E-state index contributed by atoms with van der Waals surface area (Å²) in [6.45, 7) is 6.90. The Balaban J connectivity index is 2.27. The summed E-state index contributed by atoms with van der Waals surface area (Å²) in [6, 6.07) is 15.0. The smallest absolute Gasteiger partial charge is 0.338 e. The van der Waals surface area contributed by atoms with Crippen molar-refractivity contribution in [1.82, 2.24) is 10.2 Å². The van der Waals surface area contributed by atoms with Crippen LogP contribution in [0.4, 0.5) is 0 Å². The van der Waals surface area contributed by atoms with Gasteiger partial charge in [0, 0.05) is 23.5 Å². The van der Waals surface area contributed by atoms with Crippen LogP contribution in [-0.2, 0) is 20.9 Å². The molecule has 0 aliphatic carbocycles. The molecule has 2 aromatic carbocycles. The molecular weight excluding hydrogens is 448 g/mol. The van der Waals surface area contributed by atoms with E-state index in [0.29, 0.717) is 5.56 Å². The Morgan fingerprint density at radius 2 is 1.63 bits per heavy atom. The molecule has 2 amide bonds. The minimum Gasteiger partial charge on any atom is -0.459 e. The average Bonchev–Trinajstić information content (AvgIpc) is 2.67. The molecule has 0 bridgehead atoms. The maximum atomic E-state index is 13.0. The molecule has 2 rings (SSSR count). The number of nitrogens with one attached hydrogen (secondary N) is 1. The highest BCUT2D eigenvalue weighted by atomic mass is 79.9. The molecule has 30 heavy (non-hydrogen) atoms. The molecule has 0 spiro atoms. The van der Waals surface area contributed by atoms with Crippen molar-refractivity contribution in [3.63, 3.8) is 0 Å². The van der Waals surface area contributed by atoms with Crippen LogP contribution in [-0.4, -0.2) is 40.9 Å². The second kappa shape index (κ2) is 10.4. The van der Waals surface area contributed by atoms with E-state index < -0.39 is 17.6 Å². The normalized spacial score (nSPS) is 12.0. The lowest BCUT2D eigenvalue weighted by Gasteiger charge is -2.32. The van der Waals surface area contributed by atoms with E-state index in [0.717, 1.165) is 10.0 Å². The molecule has 0 saturated heterocycles. The summed E-state index contributed by atoms with van der Waals surface area (Å²) in [5.74, 6) is -1.23. The molecule has 0 aromatic heterocycles. The van der Waals surface area contributed by atoms with Crippen molar-refractivity contribution < 1.29 is 19.1 Å². The molecule has 0 fully saturated rings. The second-order valence-electron chi connectivity index (χ2n) is 7.96. The molecule has 6 nitrogen and oxygen atoms in total. The number of esters is 1. The van der Waals surface area contributed by atoms with Crippen LogP contribution in [0.25, 0.3) is 0 Å². The first-order valence-electron chi connectivity index (χ1n) is 9.63. The van der Waals surface area contributed by atoms with Gasteiger partial charge in [-0.15, -0.1) is 0 Å². The van der Waals surface area contributed by atoms with E-state index in [9.17, 15) is 14.4 Å². The van der Waals surface area contributed by atoms with Gasteiger partial charge in [-0.3, -0.25) is 9.59 Å². The zero-order valence-electron chi connectivity index (χ0n) is 17.6. The number of nitrogens with zero attached hydrogens (tertiary/aromatic N) is 1. The van der Waals surface area contributed by atoms with Crippen molar-refractivity contribution in [2.24, 2.45) is 0 Å². The molecule has 7 heteroatoms. The van der Waals surface area contributed by atoms with Crippen LogP contribution in [0.1, 0.15) is 43.6 Å². The topological polar surface area (TPSA) is 75.7 Å². The predicted molar refractivity (Wildman–Crippen MR) is 119 cm³/mol. The lowest BCUT2D eigenvalue weighted by molar-refractivity contribution is -0.142. The Kier molecular flexibility index (Phi) is 8.17. The third-order valence-corrected chi connectivity index (χ3v) is 5.04. The number of carbonyl (C=O) groups is 3. The van der Waals surface area contributed by atoms with Crippen LogP contribution >= 0.6 is 15.9 Å². The highest BCUT2D eigenvalue weighted by molar-refractivity contribution is 9.10. The van der Waals surface area contributed by atoms with Crippen LogP contribution in [0.2, 0.25) is 0 Å². The maximum absolute atomic E-state index is 13.0. The maximum Gasteiger partial charge on any atom is 0.338 e. The van der Waals surface area contributed by atoms with Gasteiger partial charge < -0.3 is 15.0 Å². The van der Waals surface area contributed by atoms with Gasteiger partial charge in [0.15, 0.2) is 0 Å². The first-order chi connectivity index (χ1) is 14.1. The van der Waals surface area contributed by atoms with Gasteiger partial charge in [0.2, 0.25) is 11.8 Å². The van der Waals surface area contributed by atoms with Gasteiger partial charge >= 0.3 is 5.97 Å². The summed E-state index contributed by atoms with van der Waals surface area (Å²) in [6.07, 6.45) is 0. The van der Waals surface area contributed by atoms with Gasteiger partial charge in [0.05, 0.1) is 5.56 Å². The van der Waals surface area contributed by atoms with E-state index in [-0.39, 0.29) is 25.0 Å². The van der Waals surface area contributed by atoms with E-state index >= 15 is 0 Å². The second-order valence-corrected chi connectivity index (χ2v) is 8.81. The average molecular weight is 475 g/mol. The largest absolute Gasteiger partial charge is 0.459 e. The molecular formula is C23H27BrN2O4. The van der Waals surface area contributed by atoms with E-state index in [1.54, 1.807) is 30.3 Å². The van der Waals surface area contributed by atoms with Crippen molar-refractivity contribution in [1.29, 1.82) is 0 Å². The lowest BCUT2D eigenvalue weighted by atomic mass is 10.1. The Labute approximate surface area is 185 Å². The van der Waals surface area contributed by atoms with Gasteiger partial charge in [0.1, 0.15) is 12.6 Å². The highest BCUT2D eigenvalue weighted by Crippen LogP contribution is 2.20. The third-order valence-electron chi connectivity index (χ3n) is 4.26. The zero-order chi connectivity index (χ0) is 22.3. The number of carbonyl (C=O) groups excluding carboxylic acids is 3. The van der Waals surface area contributed by atoms with Gasteiger partial charge in [-0.25, -0.2) is 4.79 Å². The third kappa shape index (κ3) is 6.99. The Hall–Kier alpha value is -2.67. The SMILES string of the molecule is CC(=O)N(Cc1ccccc1Br)C(COC(=O)c1ccccc1)C(=O)NC(C)(C)C. The molecule has 1 N–H and O–H groups in total. The molecule has 0 heterocycles. The van der Waals surface area contributed by atoms with Crippen molar-refractivity contribution in [2.75, 3.05) is 6.61 Å². The van der Waals surface area contributed by atoms with Crippen molar-refractivity contribution >= 4 is 33.7 Å². The van der Waals surface area contributed by atoms with Gasteiger partial charge in [-0.05, 0) is 44.5 Å². The van der Waals surface area contributed by atoms with Crippen molar-refractivity contribution in [2.45, 2.75) is 45.8 Å². The molecule has 2 aromatic rings. The van der Waals surface area contributed by atoms with E-state index in [4.69, 9.17) is 4.74 Å². The first-order valence-corrected chi connectivity index (χ1v) is 10.4. The molecule has 0 radical (unpaired) electrons. The quantitative estimate of drug-likeness (QED) is 0.616. The Bertz CT molecular complexity index is 894. The minimum atomic E-state index is -0.971. The van der Waals surface area contributed by atoms with Gasteiger partial charge in [-0.2, -0.15) is 0 Å². The van der Waals surface area contributed by atoms with Gasteiger partial charge in [0.25, 0.3) is 0 Å². The first kappa shape index (κ1) is 23.6. The number of ether oxygens (including phenoxy) is 1. The molecule has 0 aliphatic heterocycles. The van der Waals surface area contributed by atoms with E-state index in [1.165, 1.54) is 11.8 Å². The monoisotopic (exact) mass is 474 g/mol. The van der Waals surface area contributed by atoms with Crippen LogP contribution in [0, 0.1) is 0 Å². The fourth-order valence-electron chi connectivity index (χ4n) is 2.82. The molecule has 0 saturated carbocycles. The standard InChI is InChI=1S/C23H27BrN2O4/c1-16(27)26(14-18-12-8-9-13-19(18)24)20(21(28)25-23(2,3)4)15-30-22(29)17-10-6-5-7-11-17/h5-13,20H,14-15H2,1-4H3,(H,25,28). The van der Waals surface area contributed by atoms with Crippen LogP contribution in [0.3, 0.4) is 0 Å². The number of hydrogen-bond acceptors (Lipinski definition) is 4. The Morgan fingerprint density at radius 3 is 2.20 bits per heavy atom. The van der Waals surface area contributed by atoms with Crippen LogP contribution in [0.15, 0.2) is 59.1 Å². The molecule has 160 valence electrons. The number of benzene rings is 2. The van der Waals surface area contributed by atoms with Crippen molar-refractivity contribution in [3.05, 3.63) is 70.2 Å². The minimum absolute atomic E-state index is 0.196. The summed E-state index contributed by atoms with van der Waals surface area (Å²) < 4.78 is 6.25. The molecule has 1 atom stereocenters. The van der Waals surface area contributed by atoms with Crippen LogP contribution < -0.4 is 5.32 Å². The van der Waals surface area contributed by atoms with E-state index in [1.807, 2.05) is 45.0 Å². The van der Waals surface area contributed by atoms with Crippen LogP contribution in [0.5, 0.6) is 0 Å². The lowest BCUT2D eigenvalue weighted by Crippen LogP contribution is -2.55. The summed E-state index contributed by atoms with van der Waals surface area (Å²) >= 11 is 3.48. The van der Waals surface area contributed by atoms with Gasteiger partial charge in [-0.1, -0.05) is 52.3 Å². The van der Waals surface area contributed by atoms with Crippen molar-refractivity contribution in [3.8, 4) is 0 Å². The summed E-state index contributed by atoms with van der Waals surface area (Å²) in [7, 11) is 0. The number of amides is 2. The number of hydrogen-bond donors (Lipinski definition) is 1. The van der Waals surface area contributed by atoms with E-state index in [2.05, 4.69) is 21.2 Å². The molecule has 1 unspecified atom stereocenters. The Morgan fingerprint density at radius 1 is 1.03 bits per heavy atom. The summed E-state index contributed by atoms with van der Waals surface area (Å²) in [4.78, 5) is 39.3. The fraction of sp³-hybridized carbons (Fsp3) is 0.348.